The molecule has 0 bridgehead atoms. The van der Waals surface area contributed by atoms with Gasteiger partial charge in [0.1, 0.15) is 11.0 Å². The molecule has 0 saturated heterocycles. The highest BCUT2D eigenvalue weighted by molar-refractivity contribution is 7.15. The number of carbonyl (C=O) groups is 1. The number of carbonyl (C=O) groups excluding carboxylic acids is 1. The van der Waals surface area contributed by atoms with Gasteiger partial charge >= 0.3 is 0 Å². The first-order valence-corrected chi connectivity index (χ1v) is 10.6. The molecule has 30 heavy (non-hydrogen) atoms. The average Bonchev–Trinajstić information content (AvgIpc) is 3.35. The molecule has 0 saturated carbocycles. The summed E-state index contributed by atoms with van der Waals surface area (Å²) in [5.41, 5.74) is 4.10. The minimum atomic E-state index is -0.440. The molecule has 1 atom stereocenters. The largest absolute Gasteiger partial charge is 0.299 e. The molecule has 1 unspecified atom stereocenters. The van der Waals surface area contributed by atoms with E-state index in [1.165, 1.54) is 11.3 Å². The van der Waals surface area contributed by atoms with Crippen molar-refractivity contribution in [1.82, 2.24) is 20.0 Å². The Balaban J connectivity index is 1.58. The van der Waals surface area contributed by atoms with Crippen LogP contribution in [0.4, 0.5) is 5.13 Å². The van der Waals surface area contributed by atoms with E-state index >= 15 is 0 Å². The van der Waals surface area contributed by atoms with Gasteiger partial charge in [0.05, 0.1) is 11.6 Å². The van der Waals surface area contributed by atoms with Crippen LogP contribution < -0.4 is 5.32 Å². The van der Waals surface area contributed by atoms with Gasteiger partial charge in [-0.1, -0.05) is 72.0 Å². The van der Waals surface area contributed by atoms with Crippen LogP contribution in [0.1, 0.15) is 46.4 Å². The van der Waals surface area contributed by atoms with Crippen LogP contribution in [0.2, 0.25) is 0 Å². The number of nitrogens with zero attached hydrogens (tertiary/aromatic N) is 4. The molecule has 152 valence electrons. The van der Waals surface area contributed by atoms with Gasteiger partial charge in [0.25, 0.3) is 5.91 Å². The fraction of sp³-hybridized carbons (Fsp3) is 0.217. The van der Waals surface area contributed by atoms with E-state index in [-0.39, 0.29) is 11.8 Å². The first-order chi connectivity index (χ1) is 14.5. The predicted octanol–water partition coefficient (Wildman–Crippen LogP) is 4.73. The van der Waals surface area contributed by atoms with Crippen molar-refractivity contribution in [1.29, 1.82) is 0 Å². The van der Waals surface area contributed by atoms with Gasteiger partial charge < -0.3 is 0 Å². The lowest BCUT2D eigenvalue weighted by atomic mass is 9.92. The summed E-state index contributed by atoms with van der Waals surface area (Å²) in [6, 6.07) is 21.9. The van der Waals surface area contributed by atoms with Crippen LogP contribution in [0.25, 0.3) is 0 Å². The quantitative estimate of drug-likeness (QED) is 0.492. The molecule has 4 aromatic rings. The van der Waals surface area contributed by atoms with E-state index in [1.807, 2.05) is 63.2 Å². The van der Waals surface area contributed by atoms with Gasteiger partial charge in [-0.2, -0.15) is 5.10 Å². The normalized spacial score (nSPS) is 12.1. The highest BCUT2D eigenvalue weighted by Gasteiger charge is 2.23. The SMILES string of the molecule is Cc1cc(C)n(C(C)C(=O)Nc2nnc(C(c3ccccc3)c3ccccc3)s2)n1. The molecular weight excluding hydrogens is 394 g/mol. The molecule has 0 spiro atoms. The molecule has 4 rings (SSSR count). The van der Waals surface area contributed by atoms with E-state index in [4.69, 9.17) is 0 Å². The Morgan fingerprint density at radius 1 is 0.967 bits per heavy atom. The number of rotatable bonds is 6. The van der Waals surface area contributed by atoms with Crippen molar-refractivity contribution < 1.29 is 4.79 Å². The molecule has 0 fully saturated rings. The lowest BCUT2D eigenvalue weighted by molar-refractivity contribution is -0.119. The van der Waals surface area contributed by atoms with Crippen molar-refractivity contribution in [2.24, 2.45) is 0 Å². The molecule has 0 aliphatic rings. The van der Waals surface area contributed by atoms with Crippen molar-refractivity contribution in [3.05, 3.63) is 94.3 Å². The van der Waals surface area contributed by atoms with Crippen LogP contribution in [0.5, 0.6) is 0 Å². The van der Waals surface area contributed by atoms with E-state index < -0.39 is 6.04 Å². The highest BCUT2D eigenvalue weighted by atomic mass is 32.1. The van der Waals surface area contributed by atoms with Crippen LogP contribution in [0.15, 0.2) is 66.7 Å². The predicted molar refractivity (Wildman–Crippen MR) is 119 cm³/mol. The minimum absolute atomic E-state index is 0.0380. The smallest absolute Gasteiger partial charge is 0.250 e. The van der Waals surface area contributed by atoms with Crippen LogP contribution in [-0.2, 0) is 4.79 Å². The van der Waals surface area contributed by atoms with Gasteiger partial charge in [-0.05, 0) is 38.0 Å². The van der Waals surface area contributed by atoms with Crippen LogP contribution >= 0.6 is 11.3 Å². The van der Waals surface area contributed by atoms with Crippen LogP contribution in [0.3, 0.4) is 0 Å². The Morgan fingerprint density at radius 3 is 2.10 bits per heavy atom. The number of anilines is 1. The Kier molecular flexibility index (Phi) is 5.72. The van der Waals surface area contributed by atoms with Gasteiger partial charge in [0, 0.05) is 5.69 Å². The zero-order valence-corrected chi connectivity index (χ0v) is 17.9. The van der Waals surface area contributed by atoms with Gasteiger partial charge in [0.2, 0.25) is 5.13 Å². The zero-order chi connectivity index (χ0) is 21.1. The number of amides is 1. The second-order valence-electron chi connectivity index (χ2n) is 7.24. The molecule has 2 aromatic carbocycles. The number of benzene rings is 2. The fourth-order valence-electron chi connectivity index (χ4n) is 3.53. The third kappa shape index (κ3) is 4.16. The van der Waals surface area contributed by atoms with Gasteiger partial charge in [0.15, 0.2) is 0 Å². The fourth-order valence-corrected chi connectivity index (χ4v) is 4.43. The second kappa shape index (κ2) is 8.59. The molecule has 1 N–H and O–H groups in total. The van der Waals surface area contributed by atoms with Crippen molar-refractivity contribution in [3.63, 3.8) is 0 Å². The Bertz CT molecular complexity index is 1100. The molecule has 0 aliphatic heterocycles. The number of hydrogen-bond acceptors (Lipinski definition) is 5. The van der Waals surface area contributed by atoms with Gasteiger partial charge in [-0.15, -0.1) is 10.2 Å². The first-order valence-electron chi connectivity index (χ1n) is 9.80. The van der Waals surface area contributed by atoms with Gasteiger partial charge in [-0.3, -0.25) is 14.8 Å². The van der Waals surface area contributed by atoms with E-state index in [1.54, 1.807) is 4.68 Å². The zero-order valence-electron chi connectivity index (χ0n) is 17.1. The number of aromatic nitrogens is 4. The molecule has 2 heterocycles. The van der Waals surface area contributed by atoms with Gasteiger partial charge in [-0.25, -0.2) is 0 Å². The molecule has 1 amide bonds. The van der Waals surface area contributed by atoms with Crippen molar-refractivity contribution in [2.75, 3.05) is 5.32 Å². The summed E-state index contributed by atoms with van der Waals surface area (Å²) in [7, 11) is 0. The topological polar surface area (TPSA) is 72.7 Å². The number of hydrogen-bond donors (Lipinski definition) is 1. The highest BCUT2D eigenvalue weighted by Crippen LogP contribution is 2.34. The molecule has 0 radical (unpaired) electrons. The molecule has 7 heteroatoms. The summed E-state index contributed by atoms with van der Waals surface area (Å²) >= 11 is 1.40. The maximum Gasteiger partial charge on any atom is 0.250 e. The van der Waals surface area contributed by atoms with Crippen molar-refractivity contribution in [3.8, 4) is 0 Å². The maximum absolute atomic E-state index is 12.8. The maximum atomic E-state index is 12.8. The Labute approximate surface area is 179 Å². The molecule has 0 aliphatic carbocycles. The monoisotopic (exact) mass is 417 g/mol. The third-order valence-corrected chi connectivity index (χ3v) is 5.88. The molecular formula is C23H23N5OS. The summed E-state index contributed by atoms with van der Waals surface area (Å²) in [6.45, 7) is 5.68. The lowest BCUT2D eigenvalue weighted by Gasteiger charge is -2.15. The summed E-state index contributed by atoms with van der Waals surface area (Å²) in [6.07, 6.45) is 0. The second-order valence-corrected chi connectivity index (χ2v) is 8.25. The van der Waals surface area contributed by atoms with E-state index in [0.29, 0.717) is 5.13 Å². The third-order valence-electron chi connectivity index (χ3n) is 4.97. The lowest BCUT2D eigenvalue weighted by Crippen LogP contribution is -2.25. The van der Waals surface area contributed by atoms with E-state index in [2.05, 4.69) is 44.9 Å². The van der Waals surface area contributed by atoms with E-state index in [9.17, 15) is 4.79 Å². The van der Waals surface area contributed by atoms with E-state index in [0.717, 1.165) is 27.5 Å². The van der Waals surface area contributed by atoms with Crippen LogP contribution in [0, 0.1) is 13.8 Å². The van der Waals surface area contributed by atoms with Crippen molar-refractivity contribution in [2.45, 2.75) is 32.7 Å². The standard InChI is InChI=1S/C23H23N5OS/c1-15-14-16(2)28(27-15)17(3)21(29)24-23-26-25-22(30-23)20(18-10-6-4-7-11-18)19-12-8-5-9-13-19/h4-14,17,20H,1-3H3,(H,24,26,29). The average molecular weight is 418 g/mol. The molecule has 6 nitrogen and oxygen atoms in total. The summed E-state index contributed by atoms with van der Waals surface area (Å²) in [5, 5.41) is 17.3. The first kappa shape index (κ1) is 20.0. The summed E-state index contributed by atoms with van der Waals surface area (Å²) < 4.78 is 1.73. The number of aryl methyl sites for hydroxylation is 2. The van der Waals surface area contributed by atoms with Crippen LogP contribution in [-0.4, -0.2) is 25.9 Å². The Hall–Kier alpha value is -3.32. The summed E-state index contributed by atoms with van der Waals surface area (Å²) in [4.78, 5) is 12.8. The molecule has 2 aromatic heterocycles. The van der Waals surface area contributed by atoms with Crippen molar-refractivity contribution >= 4 is 22.4 Å². The Morgan fingerprint density at radius 2 is 1.57 bits per heavy atom. The summed E-state index contributed by atoms with van der Waals surface area (Å²) in [5.74, 6) is -0.205. The number of nitrogens with one attached hydrogen (secondary N) is 1. The minimum Gasteiger partial charge on any atom is -0.299 e.